The Balaban J connectivity index is 2.82. The molecule has 0 saturated carbocycles. The molecule has 0 spiro atoms. The average Bonchev–Trinajstić information content (AvgIpc) is 2.06. The second kappa shape index (κ2) is 2.88. The molecule has 0 saturated heterocycles. The summed E-state index contributed by atoms with van der Waals surface area (Å²) < 4.78 is 0. The standard InChI is InChI=1S/C9H17N3/c1-7-8(6-9(2,3)4)11-12(5)10-7/h6H2,1-5H3. The van der Waals surface area contributed by atoms with Crippen molar-refractivity contribution in [3.63, 3.8) is 0 Å². The minimum absolute atomic E-state index is 0.292. The number of aromatic nitrogens is 3. The first-order valence-corrected chi connectivity index (χ1v) is 4.25. The summed E-state index contributed by atoms with van der Waals surface area (Å²) in [6, 6.07) is 0. The van der Waals surface area contributed by atoms with Crippen LogP contribution < -0.4 is 0 Å². The molecule has 0 fully saturated rings. The van der Waals surface area contributed by atoms with Gasteiger partial charge in [-0.05, 0) is 18.8 Å². The monoisotopic (exact) mass is 167 g/mol. The molecule has 1 rings (SSSR count). The highest BCUT2D eigenvalue weighted by Crippen LogP contribution is 2.20. The highest BCUT2D eigenvalue weighted by molar-refractivity contribution is 5.07. The Bertz CT molecular complexity index is 268. The summed E-state index contributed by atoms with van der Waals surface area (Å²) in [5.41, 5.74) is 2.46. The topological polar surface area (TPSA) is 30.7 Å². The Kier molecular flexibility index (Phi) is 2.22. The first-order valence-electron chi connectivity index (χ1n) is 4.25. The van der Waals surface area contributed by atoms with E-state index in [4.69, 9.17) is 0 Å². The Morgan fingerprint density at radius 2 is 1.83 bits per heavy atom. The minimum atomic E-state index is 0.292. The van der Waals surface area contributed by atoms with E-state index < -0.39 is 0 Å². The van der Waals surface area contributed by atoms with Gasteiger partial charge in [0.15, 0.2) is 0 Å². The molecule has 3 nitrogen and oxygen atoms in total. The van der Waals surface area contributed by atoms with Crippen molar-refractivity contribution in [2.75, 3.05) is 0 Å². The quantitative estimate of drug-likeness (QED) is 0.637. The second-order valence-electron chi connectivity index (χ2n) is 4.46. The van der Waals surface area contributed by atoms with Gasteiger partial charge < -0.3 is 0 Å². The fourth-order valence-electron chi connectivity index (χ4n) is 1.21. The molecule has 0 N–H and O–H groups in total. The lowest BCUT2D eigenvalue weighted by Crippen LogP contribution is -2.10. The summed E-state index contributed by atoms with van der Waals surface area (Å²) in [5.74, 6) is 0. The van der Waals surface area contributed by atoms with Crippen molar-refractivity contribution in [3.8, 4) is 0 Å². The van der Waals surface area contributed by atoms with Crippen LogP contribution in [0.15, 0.2) is 0 Å². The number of hydrogen-bond acceptors (Lipinski definition) is 2. The van der Waals surface area contributed by atoms with E-state index in [1.165, 1.54) is 0 Å². The molecule has 1 aromatic rings. The van der Waals surface area contributed by atoms with Crippen molar-refractivity contribution in [1.82, 2.24) is 15.0 Å². The van der Waals surface area contributed by atoms with Gasteiger partial charge in [-0.3, -0.25) is 0 Å². The van der Waals surface area contributed by atoms with E-state index in [9.17, 15) is 0 Å². The van der Waals surface area contributed by atoms with Crippen LogP contribution in [0.3, 0.4) is 0 Å². The third-order valence-corrected chi connectivity index (χ3v) is 1.68. The molecule has 0 aliphatic carbocycles. The fourth-order valence-corrected chi connectivity index (χ4v) is 1.21. The Morgan fingerprint density at radius 3 is 2.17 bits per heavy atom. The maximum Gasteiger partial charge on any atom is 0.0861 e. The van der Waals surface area contributed by atoms with Crippen molar-refractivity contribution in [1.29, 1.82) is 0 Å². The van der Waals surface area contributed by atoms with E-state index in [1.54, 1.807) is 4.80 Å². The molecule has 0 aliphatic heterocycles. The van der Waals surface area contributed by atoms with Crippen LogP contribution in [0.5, 0.6) is 0 Å². The van der Waals surface area contributed by atoms with E-state index >= 15 is 0 Å². The first-order chi connectivity index (χ1) is 5.38. The third kappa shape index (κ3) is 2.32. The van der Waals surface area contributed by atoms with Crippen molar-refractivity contribution >= 4 is 0 Å². The van der Waals surface area contributed by atoms with Crippen molar-refractivity contribution in [2.24, 2.45) is 12.5 Å². The maximum absolute atomic E-state index is 4.30. The van der Waals surface area contributed by atoms with Crippen LogP contribution in [0.1, 0.15) is 32.2 Å². The SMILES string of the molecule is Cc1nn(C)nc1CC(C)(C)C. The largest absolute Gasteiger partial charge is 0.188 e. The summed E-state index contributed by atoms with van der Waals surface area (Å²) in [6.45, 7) is 8.64. The predicted octanol–water partition coefficient (Wildman–Crippen LogP) is 1.71. The molecule has 0 unspecified atom stereocenters. The van der Waals surface area contributed by atoms with Crippen molar-refractivity contribution in [2.45, 2.75) is 34.1 Å². The van der Waals surface area contributed by atoms with Gasteiger partial charge >= 0.3 is 0 Å². The molecule has 68 valence electrons. The number of hydrogen-bond donors (Lipinski definition) is 0. The van der Waals surface area contributed by atoms with E-state index in [0.29, 0.717) is 5.41 Å². The van der Waals surface area contributed by atoms with Crippen LogP contribution in [0.2, 0.25) is 0 Å². The maximum atomic E-state index is 4.30. The van der Waals surface area contributed by atoms with Crippen molar-refractivity contribution in [3.05, 3.63) is 11.4 Å². The predicted molar refractivity (Wildman–Crippen MR) is 48.9 cm³/mol. The molecule has 0 atom stereocenters. The zero-order valence-electron chi connectivity index (χ0n) is 8.55. The van der Waals surface area contributed by atoms with E-state index in [0.717, 1.165) is 17.8 Å². The van der Waals surface area contributed by atoms with Gasteiger partial charge in [-0.25, -0.2) is 0 Å². The van der Waals surface area contributed by atoms with Gasteiger partial charge in [-0.1, -0.05) is 20.8 Å². The van der Waals surface area contributed by atoms with Crippen LogP contribution in [0.4, 0.5) is 0 Å². The highest BCUT2D eigenvalue weighted by atomic mass is 15.5. The third-order valence-electron chi connectivity index (χ3n) is 1.68. The van der Waals surface area contributed by atoms with Crippen LogP contribution in [-0.2, 0) is 13.5 Å². The molecular formula is C9H17N3. The average molecular weight is 167 g/mol. The van der Waals surface area contributed by atoms with Gasteiger partial charge in [-0.2, -0.15) is 15.0 Å². The van der Waals surface area contributed by atoms with Gasteiger partial charge in [0.25, 0.3) is 0 Å². The summed E-state index contributed by atoms with van der Waals surface area (Å²) in [6.07, 6.45) is 0.993. The summed E-state index contributed by atoms with van der Waals surface area (Å²) in [5, 5.41) is 8.50. The molecule has 0 aromatic carbocycles. The van der Waals surface area contributed by atoms with Gasteiger partial charge in [0.2, 0.25) is 0 Å². The normalized spacial score (nSPS) is 12.1. The van der Waals surface area contributed by atoms with Crippen LogP contribution in [-0.4, -0.2) is 15.0 Å². The lowest BCUT2D eigenvalue weighted by molar-refractivity contribution is 0.403. The summed E-state index contributed by atoms with van der Waals surface area (Å²) in [4.78, 5) is 1.64. The summed E-state index contributed by atoms with van der Waals surface area (Å²) in [7, 11) is 1.86. The minimum Gasteiger partial charge on any atom is -0.188 e. The lowest BCUT2D eigenvalue weighted by atomic mass is 9.90. The molecule has 0 amide bonds. The first kappa shape index (κ1) is 9.23. The van der Waals surface area contributed by atoms with Crippen LogP contribution >= 0.6 is 0 Å². The number of nitrogens with zero attached hydrogens (tertiary/aromatic N) is 3. The Hall–Kier alpha value is -0.860. The second-order valence-corrected chi connectivity index (χ2v) is 4.46. The molecule has 12 heavy (non-hydrogen) atoms. The Morgan fingerprint density at radius 1 is 1.25 bits per heavy atom. The van der Waals surface area contributed by atoms with E-state index in [-0.39, 0.29) is 0 Å². The van der Waals surface area contributed by atoms with E-state index in [1.807, 2.05) is 14.0 Å². The fraction of sp³-hybridized carbons (Fsp3) is 0.778. The van der Waals surface area contributed by atoms with Crippen molar-refractivity contribution < 1.29 is 0 Å². The molecule has 1 aromatic heterocycles. The highest BCUT2D eigenvalue weighted by Gasteiger charge is 2.15. The smallest absolute Gasteiger partial charge is 0.0861 e. The van der Waals surface area contributed by atoms with Crippen LogP contribution in [0, 0.1) is 12.3 Å². The van der Waals surface area contributed by atoms with E-state index in [2.05, 4.69) is 31.0 Å². The zero-order valence-corrected chi connectivity index (χ0v) is 8.55. The number of aryl methyl sites for hydroxylation is 2. The molecular weight excluding hydrogens is 150 g/mol. The Labute approximate surface area is 73.8 Å². The zero-order chi connectivity index (χ0) is 9.35. The van der Waals surface area contributed by atoms with Gasteiger partial charge in [0.05, 0.1) is 11.4 Å². The molecule has 0 aliphatic rings. The summed E-state index contributed by atoms with van der Waals surface area (Å²) >= 11 is 0. The number of rotatable bonds is 1. The molecule has 3 heteroatoms. The molecule has 0 radical (unpaired) electrons. The lowest BCUT2D eigenvalue weighted by Gasteiger charge is -2.15. The van der Waals surface area contributed by atoms with Gasteiger partial charge in [0.1, 0.15) is 0 Å². The van der Waals surface area contributed by atoms with Gasteiger partial charge in [0, 0.05) is 7.05 Å². The molecule has 0 bridgehead atoms. The van der Waals surface area contributed by atoms with Gasteiger partial charge in [-0.15, -0.1) is 0 Å². The van der Waals surface area contributed by atoms with Crippen LogP contribution in [0.25, 0.3) is 0 Å². The molecule has 1 heterocycles.